The van der Waals surface area contributed by atoms with E-state index in [1.54, 1.807) is 19.2 Å². The van der Waals surface area contributed by atoms with Gasteiger partial charge in [-0.25, -0.2) is 0 Å². The minimum absolute atomic E-state index is 0.0440. The van der Waals surface area contributed by atoms with Gasteiger partial charge in [-0.15, -0.1) is 0 Å². The number of fused-ring (bicyclic) bond motifs is 1. The largest absolute Gasteiger partial charge is 0.490 e. The van der Waals surface area contributed by atoms with Gasteiger partial charge in [-0.05, 0) is 50.0 Å². The maximum absolute atomic E-state index is 12.4. The fourth-order valence-electron chi connectivity index (χ4n) is 3.28. The smallest absolute Gasteiger partial charge is 0.251 e. The van der Waals surface area contributed by atoms with E-state index >= 15 is 0 Å². The highest BCUT2D eigenvalue weighted by Crippen LogP contribution is 2.30. The molecule has 1 N–H and O–H groups in total. The van der Waals surface area contributed by atoms with E-state index in [0.29, 0.717) is 30.4 Å². The number of ether oxygens (including phenoxy) is 3. The van der Waals surface area contributed by atoms with Crippen LogP contribution in [-0.4, -0.2) is 63.9 Å². The highest BCUT2D eigenvalue weighted by molar-refractivity contribution is 5.94. The molecule has 2 aliphatic heterocycles. The molecular formula is C19H28N2O4. The molecule has 6 heteroatoms. The molecule has 2 heterocycles. The van der Waals surface area contributed by atoms with E-state index in [-0.39, 0.29) is 5.91 Å². The summed E-state index contributed by atoms with van der Waals surface area (Å²) >= 11 is 0. The van der Waals surface area contributed by atoms with Crippen molar-refractivity contribution in [3.8, 4) is 11.5 Å². The lowest BCUT2D eigenvalue weighted by atomic mass is 9.96. The molecule has 0 unspecified atom stereocenters. The molecule has 1 aromatic rings. The third-order valence-electron chi connectivity index (χ3n) is 4.88. The first kappa shape index (κ1) is 18.0. The van der Waals surface area contributed by atoms with Crippen molar-refractivity contribution < 1.29 is 19.0 Å². The number of rotatable bonds is 6. The Morgan fingerprint density at radius 1 is 1.24 bits per heavy atom. The summed E-state index contributed by atoms with van der Waals surface area (Å²) in [6, 6.07) is 5.41. The average Bonchev–Trinajstić information content (AvgIpc) is 2.90. The number of nitrogens with one attached hydrogen (secondary N) is 1. The minimum Gasteiger partial charge on any atom is -0.490 e. The molecule has 0 aliphatic carbocycles. The summed E-state index contributed by atoms with van der Waals surface area (Å²) in [4.78, 5) is 14.9. The van der Waals surface area contributed by atoms with Crippen molar-refractivity contribution in [3.05, 3.63) is 23.8 Å². The molecule has 1 amide bonds. The van der Waals surface area contributed by atoms with Crippen molar-refractivity contribution in [2.75, 3.05) is 53.1 Å². The Hall–Kier alpha value is -1.79. The van der Waals surface area contributed by atoms with E-state index in [4.69, 9.17) is 14.2 Å². The van der Waals surface area contributed by atoms with Crippen LogP contribution in [0.3, 0.4) is 0 Å². The lowest BCUT2D eigenvalue weighted by Gasteiger charge is -2.31. The summed E-state index contributed by atoms with van der Waals surface area (Å²) in [6.45, 7) is 5.94. The van der Waals surface area contributed by atoms with Gasteiger partial charge in [0.1, 0.15) is 0 Å². The fraction of sp³-hybridized carbons (Fsp3) is 0.632. The van der Waals surface area contributed by atoms with Crippen LogP contribution in [0.1, 0.15) is 29.6 Å². The van der Waals surface area contributed by atoms with Gasteiger partial charge in [0, 0.05) is 32.2 Å². The number of carbonyl (C=O) groups is 1. The number of hydrogen-bond donors (Lipinski definition) is 1. The Morgan fingerprint density at radius 3 is 2.76 bits per heavy atom. The Balaban J connectivity index is 1.46. The predicted molar refractivity (Wildman–Crippen MR) is 95.4 cm³/mol. The van der Waals surface area contributed by atoms with Gasteiger partial charge in [0.15, 0.2) is 11.5 Å². The minimum atomic E-state index is -0.0440. The van der Waals surface area contributed by atoms with Crippen molar-refractivity contribution in [3.63, 3.8) is 0 Å². The molecule has 25 heavy (non-hydrogen) atoms. The van der Waals surface area contributed by atoms with E-state index in [2.05, 4.69) is 10.2 Å². The van der Waals surface area contributed by atoms with Gasteiger partial charge in [-0.2, -0.15) is 0 Å². The first-order chi connectivity index (χ1) is 12.3. The number of benzene rings is 1. The Morgan fingerprint density at radius 2 is 2.00 bits per heavy atom. The highest BCUT2D eigenvalue weighted by atomic mass is 16.5. The lowest BCUT2D eigenvalue weighted by molar-refractivity contribution is 0.0925. The molecule has 138 valence electrons. The molecule has 3 rings (SSSR count). The number of hydrogen-bond acceptors (Lipinski definition) is 5. The number of likely N-dealkylation sites (tertiary alicyclic amines) is 1. The first-order valence-corrected chi connectivity index (χ1v) is 9.15. The number of methoxy groups -OCH3 is 1. The maximum atomic E-state index is 12.4. The molecule has 0 atom stereocenters. The van der Waals surface area contributed by atoms with Crippen LogP contribution >= 0.6 is 0 Å². The molecule has 1 saturated heterocycles. The third kappa shape index (κ3) is 5.09. The van der Waals surface area contributed by atoms with Crippen molar-refractivity contribution in [2.24, 2.45) is 5.92 Å². The standard InChI is InChI=1S/C19H28N2O4/c1-23-12-9-21-7-5-15(6-8-21)14-20-19(22)16-3-4-17-18(13-16)25-11-2-10-24-17/h3-4,13,15H,2,5-12,14H2,1H3,(H,20,22). The Bertz CT molecular complexity index is 571. The van der Waals surface area contributed by atoms with Gasteiger partial charge in [0.25, 0.3) is 5.91 Å². The summed E-state index contributed by atoms with van der Waals surface area (Å²) in [5.74, 6) is 1.88. The van der Waals surface area contributed by atoms with Crippen LogP contribution in [0.4, 0.5) is 0 Å². The average molecular weight is 348 g/mol. The zero-order valence-electron chi connectivity index (χ0n) is 15.0. The van der Waals surface area contributed by atoms with Crippen LogP contribution in [-0.2, 0) is 4.74 Å². The summed E-state index contributed by atoms with van der Waals surface area (Å²) in [5.41, 5.74) is 0.627. The van der Waals surface area contributed by atoms with Gasteiger partial charge in [-0.1, -0.05) is 0 Å². The summed E-state index contributed by atoms with van der Waals surface area (Å²) in [6.07, 6.45) is 3.09. The van der Waals surface area contributed by atoms with Crippen molar-refractivity contribution in [1.29, 1.82) is 0 Å². The van der Waals surface area contributed by atoms with Gasteiger partial charge in [0.05, 0.1) is 19.8 Å². The fourth-order valence-corrected chi connectivity index (χ4v) is 3.28. The summed E-state index contributed by atoms with van der Waals surface area (Å²) in [7, 11) is 1.74. The molecule has 0 saturated carbocycles. The number of piperidine rings is 1. The third-order valence-corrected chi connectivity index (χ3v) is 4.88. The van der Waals surface area contributed by atoms with Gasteiger partial charge in [-0.3, -0.25) is 4.79 Å². The molecule has 0 aromatic heterocycles. The zero-order valence-corrected chi connectivity index (χ0v) is 15.0. The predicted octanol–water partition coefficient (Wildman–Crippen LogP) is 1.94. The molecule has 1 fully saturated rings. The SMILES string of the molecule is COCCN1CCC(CNC(=O)c2ccc3c(c2)OCCCO3)CC1. The van der Waals surface area contributed by atoms with Gasteiger partial charge < -0.3 is 24.4 Å². The molecular weight excluding hydrogens is 320 g/mol. The normalized spacial score (nSPS) is 18.6. The van der Waals surface area contributed by atoms with E-state index in [0.717, 1.165) is 57.8 Å². The number of carbonyl (C=O) groups excluding carboxylic acids is 1. The van der Waals surface area contributed by atoms with E-state index in [1.807, 2.05) is 6.07 Å². The number of nitrogens with zero attached hydrogens (tertiary/aromatic N) is 1. The molecule has 0 spiro atoms. The Labute approximate surface area is 149 Å². The quantitative estimate of drug-likeness (QED) is 0.851. The second-order valence-electron chi connectivity index (χ2n) is 6.70. The second kappa shape index (κ2) is 9.06. The van der Waals surface area contributed by atoms with E-state index in [9.17, 15) is 4.79 Å². The van der Waals surface area contributed by atoms with E-state index in [1.165, 1.54) is 0 Å². The highest BCUT2D eigenvalue weighted by Gasteiger charge is 2.20. The van der Waals surface area contributed by atoms with E-state index < -0.39 is 0 Å². The maximum Gasteiger partial charge on any atom is 0.251 e. The first-order valence-electron chi connectivity index (χ1n) is 9.15. The van der Waals surface area contributed by atoms with Crippen molar-refractivity contribution in [2.45, 2.75) is 19.3 Å². The lowest BCUT2D eigenvalue weighted by Crippen LogP contribution is -2.39. The van der Waals surface area contributed by atoms with Crippen LogP contribution in [0, 0.1) is 5.92 Å². The molecule has 1 aromatic carbocycles. The molecule has 6 nitrogen and oxygen atoms in total. The molecule has 0 radical (unpaired) electrons. The monoisotopic (exact) mass is 348 g/mol. The Kier molecular flexibility index (Phi) is 6.53. The molecule has 2 aliphatic rings. The van der Waals surface area contributed by atoms with Crippen molar-refractivity contribution >= 4 is 5.91 Å². The second-order valence-corrected chi connectivity index (χ2v) is 6.70. The van der Waals surface area contributed by atoms with Crippen LogP contribution in [0.5, 0.6) is 11.5 Å². The topological polar surface area (TPSA) is 60.0 Å². The number of amides is 1. The zero-order chi connectivity index (χ0) is 17.5. The van der Waals surface area contributed by atoms with Crippen LogP contribution in [0.2, 0.25) is 0 Å². The van der Waals surface area contributed by atoms with Crippen LogP contribution < -0.4 is 14.8 Å². The van der Waals surface area contributed by atoms with Crippen LogP contribution in [0.25, 0.3) is 0 Å². The summed E-state index contributed by atoms with van der Waals surface area (Å²) < 4.78 is 16.4. The molecule has 0 bridgehead atoms. The van der Waals surface area contributed by atoms with Gasteiger partial charge in [0.2, 0.25) is 0 Å². The van der Waals surface area contributed by atoms with Crippen molar-refractivity contribution in [1.82, 2.24) is 10.2 Å². The van der Waals surface area contributed by atoms with Gasteiger partial charge >= 0.3 is 0 Å². The van der Waals surface area contributed by atoms with Crippen LogP contribution in [0.15, 0.2) is 18.2 Å². The summed E-state index contributed by atoms with van der Waals surface area (Å²) in [5, 5.41) is 3.07.